The molecule has 128 valence electrons. The van der Waals surface area contributed by atoms with E-state index in [2.05, 4.69) is 9.97 Å². The lowest BCUT2D eigenvalue weighted by Gasteiger charge is -2.30. The van der Waals surface area contributed by atoms with E-state index < -0.39 is 0 Å². The lowest BCUT2D eigenvalue weighted by Crippen LogP contribution is -2.41. The smallest absolute Gasteiger partial charge is 0.264 e. The molecule has 1 saturated heterocycles. The minimum Gasteiger partial charge on any atom is -0.369 e. The van der Waals surface area contributed by atoms with Gasteiger partial charge in [0.05, 0.1) is 4.88 Å². The molecule has 2 amide bonds. The Morgan fingerprint density at radius 3 is 2.50 bits per heavy atom. The van der Waals surface area contributed by atoms with Crippen LogP contribution in [0.4, 0.5) is 0 Å². The first-order valence-corrected chi connectivity index (χ1v) is 9.09. The number of piperidine rings is 1. The summed E-state index contributed by atoms with van der Waals surface area (Å²) in [6.07, 6.45) is 2.06. The minimum atomic E-state index is -0.266. The van der Waals surface area contributed by atoms with Crippen molar-refractivity contribution < 1.29 is 9.59 Å². The fourth-order valence-corrected chi connectivity index (χ4v) is 4.49. The Hall–Kier alpha value is -2.02. The molecule has 0 radical (unpaired) electrons. The average molecular weight is 346 g/mol. The van der Waals surface area contributed by atoms with Gasteiger partial charge in [0, 0.05) is 36.5 Å². The molecule has 6 nitrogen and oxygen atoms in total. The van der Waals surface area contributed by atoms with Crippen LogP contribution in [0, 0.1) is 19.8 Å². The summed E-state index contributed by atoms with van der Waals surface area (Å²) in [5.41, 5.74) is 7.25. The number of rotatable bonds is 3. The molecular formula is C17H22N4O2S. The van der Waals surface area contributed by atoms with E-state index in [9.17, 15) is 9.59 Å². The molecule has 0 bridgehead atoms. The predicted molar refractivity (Wildman–Crippen MR) is 94.1 cm³/mol. The molecule has 0 aromatic carbocycles. The maximum absolute atomic E-state index is 12.9. The molecule has 1 aliphatic heterocycles. The molecule has 0 atom stereocenters. The molecule has 1 aliphatic rings. The normalized spacial score (nSPS) is 15.9. The maximum Gasteiger partial charge on any atom is 0.264 e. The van der Waals surface area contributed by atoms with E-state index in [-0.39, 0.29) is 17.7 Å². The van der Waals surface area contributed by atoms with Crippen molar-refractivity contribution in [1.82, 2.24) is 14.9 Å². The summed E-state index contributed by atoms with van der Waals surface area (Å²) in [6.45, 7) is 7.10. The van der Waals surface area contributed by atoms with Gasteiger partial charge in [-0.3, -0.25) is 9.59 Å². The Kier molecular flexibility index (Phi) is 4.54. The van der Waals surface area contributed by atoms with Crippen LogP contribution in [0.25, 0.3) is 10.2 Å². The number of hydrogen-bond donors (Lipinski definition) is 1. The Morgan fingerprint density at radius 1 is 1.25 bits per heavy atom. The Morgan fingerprint density at radius 2 is 1.92 bits per heavy atom. The van der Waals surface area contributed by atoms with Crippen molar-refractivity contribution in [1.29, 1.82) is 0 Å². The largest absolute Gasteiger partial charge is 0.369 e. The molecular weight excluding hydrogens is 324 g/mol. The summed E-state index contributed by atoms with van der Waals surface area (Å²) < 4.78 is 0. The van der Waals surface area contributed by atoms with Gasteiger partial charge in [-0.05, 0) is 32.3 Å². The van der Waals surface area contributed by atoms with Crippen LogP contribution in [0.2, 0.25) is 0 Å². The topological polar surface area (TPSA) is 89.2 Å². The number of aryl methyl sites for hydroxylation is 3. The van der Waals surface area contributed by atoms with Crippen LogP contribution < -0.4 is 5.73 Å². The lowest BCUT2D eigenvalue weighted by molar-refractivity contribution is -0.123. The van der Waals surface area contributed by atoms with Gasteiger partial charge in [-0.25, -0.2) is 9.97 Å². The van der Waals surface area contributed by atoms with Crippen LogP contribution >= 0.6 is 11.3 Å². The van der Waals surface area contributed by atoms with E-state index >= 15 is 0 Å². The molecule has 3 rings (SSSR count). The SMILES string of the molecule is CCc1nc(C)c2c(C)c(C(=O)N3CCC(C(N)=O)CC3)sc2n1. The van der Waals surface area contributed by atoms with Crippen molar-refractivity contribution in [3.05, 3.63) is 22.0 Å². The van der Waals surface area contributed by atoms with Gasteiger partial charge < -0.3 is 10.6 Å². The van der Waals surface area contributed by atoms with Crippen LogP contribution in [-0.2, 0) is 11.2 Å². The summed E-state index contributed by atoms with van der Waals surface area (Å²) in [5.74, 6) is 0.453. The van der Waals surface area contributed by atoms with Gasteiger partial charge in [0.1, 0.15) is 10.7 Å². The quantitative estimate of drug-likeness (QED) is 0.923. The van der Waals surface area contributed by atoms with E-state index in [4.69, 9.17) is 5.73 Å². The first-order chi connectivity index (χ1) is 11.4. The second-order valence-corrected chi connectivity index (χ2v) is 7.28. The molecule has 24 heavy (non-hydrogen) atoms. The second-order valence-electron chi connectivity index (χ2n) is 6.28. The van der Waals surface area contributed by atoms with Crippen LogP contribution in [0.15, 0.2) is 0 Å². The van der Waals surface area contributed by atoms with Gasteiger partial charge in [-0.2, -0.15) is 0 Å². The molecule has 2 aromatic heterocycles. The summed E-state index contributed by atoms with van der Waals surface area (Å²) in [6, 6.07) is 0. The standard InChI is InChI=1S/C17H22N4O2S/c1-4-12-19-10(3)13-9(2)14(24-16(13)20-12)17(23)21-7-5-11(6-8-21)15(18)22/h11H,4-8H2,1-3H3,(H2,18,22). The second kappa shape index (κ2) is 6.47. The zero-order valence-corrected chi connectivity index (χ0v) is 15.1. The highest BCUT2D eigenvalue weighted by atomic mass is 32.1. The molecule has 2 aromatic rings. The highest BCUT2D eigenvalue weighted by Gasteiger charge is 2.29. The number of carbonyl (C=O) groups is 2. The summed E-state index contributed by atoms with van der Waals surface area (Å²) in [5, 5.41) is 0.993. The van der Waals surface area contributed by atoms with E-state index in [1.54, 1.807) is 0 Å². The number of nitrogens with zero attached hydrogens (tertiary/aromatic N) is 3. The molecule has 0 aliphatic carbocycles. The number of carbonyl (C=O) groups excluding carboxylic acids is 2. The number of amides is 2. The molecule has 0 saturated carbocycles. The Labute approximate surface area is 145 Å². The van der Waals surface area contributed by atoms with Crippen LogP contribution in [0.1, 0.15) is 46.5 Å². The van der Waals surface area contributed by atoms with Crippen molar-refractivity contribution in [3.8, 4) is 0 Å². The highest BCUT2D eigenvalue weighted by Crippen LogP contribution is 2.33. The van der Waals surface area contributed by atoms with Gasteiger partial charge in [0.2, 0.25) is 5.91 Å². The van der Waals surface area contributed by atoms with Crippen molar-refractivity contribution in [3.63, 3.8) is 0 Å². The molecule has 3 heterocycles. The number of thiophene rings is 1. The average Bonchev–Trinajstić information content (AvgIpc) is 2.91. The Balaban J connectivity index is 1.89. The van der Waals surface area contributed by atoms with Gasteiger partial charge >= 0.3 is 0 Å². The van der Waals surface area contributed by atoms with Crippen molar-refractivity contribution >= 4 is 33.4 Å². The number of nitrogens with two attached hydrogens (primary N) is 1. The monoisotopic (exact) mass is 346 g/mol. The van der Waals surface area contributed by atoms with E-state index in [1.807, 2.05) is 25.7 Å². The molecule has 1 fully saturated rings. The van der Waals surface area contributed by atoms with Gasteiger partial charge in [-0.15, -0.1) is 11.3 Å². The first kappa shape index (κ1) is 16.8. The number of fused-ring (bicyclic) bond motifs is 1. The van der Waals surface area contributed by atoms with Gasteiger partial charge in [-0.1, -0.05) is 6.92 Å². The lowest BCUT2D eigenvalue weighted by atomic mass is 9.96. The van der Waals surface area contributed by atoms with Crippen LogP contribution in [0.5, 0.6) is 0 Å². The first-order valence-electron chi connectivity index (χ1n) is 8.27. The van der Waals surface area contributed by atoms with Crippen molar-refractivity contribution in [2.24, 2.45) is 11.7 Å². The highest BCUT2D eigenvalue weighted by molar-refractivity contribution is 7.20. The number of likely N-dealkylation sites (tertiary alicyclic amines) is 1. The third-order valence-corrected chi connectivity index (χ3v) is 5.89. The zero-order valence-electron chi connectivity index (χ0n) is 14.3. The van der Waals surface area contributed by atoms with E-state index in [0.717, 1.165) is 38.6 Å². The molecule has 2 N–H and O–H groups in total. The van der Waals surface area contributed by atoms with Gasteiger partial charge in [0.25, 0.3) is 5.91 Å². The fraction of sp³-hybridized carbons (Fsp3) is 0.529. The predicted octanol–water partition coefficient (Wildman–Crippen LogP) is 2.21. The van der Waals surface area contributed by atoms with Crippen LogP contribution in [-0.4, -0.2) is 39.8 Å². The number of primary amides is 1. The fourth-order valence-electron chi connectivity index (χ4n) is 3.27. The van der Waals surface area contributed by atoms with E-state index in [1.165, 1.54) is 11.3 Å². The summed E-state index contributed by atoms with van der Waals surface area (Å²) >= 11 is 1.44. The van der Waals surface area contributed by atoms with E-state index in [0.29, 0.717) is 25.9 Å². The summed E-state index contributed by atoms with van der Waals surface area (Å²) in [7, 11) is 0. The van der Waals surface area contributed by atoms with Crippen LogP contribution in [0.3, 0.4) is 0 Å². The number of aromatic nitrogens is 2. The van der Waals surface area contributed by atoms with Crippen molar-refractivity contribution in [2.75, 3.05) is 13.1 Å². The van der Waals surface area contributed by atoms with Crippen molar-refractivity contribution in [2.45, 2.75) is 40.0 Å². The Bertz CT molecular complexity index is 807. The zero-order chi connectivity index (χ0) is 17.4. The summed E-state index contributed by atoms with van der Waals surface area (Å²) in [4.78, 5) is 36.7. The third-order valence-electron chi connectivity index (χ3n) is 4.71. The number of hydrogen-bond acceptors (Lipinski definition) is 5. The maximum atomic E-state index is 12.9. The molecule has 0 spiro atoms. The third kappa shape index (κ3) is 2.88. The molecule has 0 unspecified atom stereocenters. The van der Waals surface area contributed by atoms with Gasteiger partial charge in [0.15, 0.2) is 0 Å². The molecule has 7 heteroatoms. The minimum absolute atomic E-state index is 0.0240.